The zero-order valence-corrected chi connectivity index (χ0v) is 20.7. The van der Waals surface area contributed by atoms with Crippen molar-refractivity contribution in [3.63, 3.8) is 0 Å². The van der Waals surface area contributed by atoms with Crippen LogP contribution in [0.5, 0.6) is 0 Å². The van der Waals surface area contributed by atoms with Crippen LogP contribution in [0.1, 0.15) is 44.2 Å². The van der Waals surface area contributed by atoms with E-state index in [9.17, 15) is 10.1 Å². The number of rotatable bonds is 13. The first kappa shape index (κ1) is 26.0. The summed E-state index contributed by atoms with van der Waals surface area (Å²) in [5.41, 5.74) is 1.73. The van der Waals surface area contributed by atoms with Gasteiger partial charge >= 0.3 is 0 Å². The van der Waals surface area contributed by atoms with Gasteiger partial charge in [-0.25, -0.2) is 0 Å². The minimum Gasteiger partial charge on any atom is -0.355 e. The Balaban J connectivity index is 1.97. The zero-order valence-electron chi connectivity index (χ0n) is 19.9. The van der Waals surface area contributed by atoms with Gasteiger partial charge in [0.1, 0.15) is 0 Å². The van der Waals surface area contributed by atoms with Crippen molar-refractivity contribution in [1.29, 1.82) is 5.26 Å². The molecule has 1 amide bonds. The van der Waals surface area contributed by atoms with Gasteiger partial charge in [0.15, 0.2) is 0 Å². The number of hydrogen-bond donors (Lipinski definition) is 1. The third kappa shape index (κ3) is 7.12. The molecule has 0 bridgehead atoms. The van der Waals surface area contributed by atoms with E-state index in [1.807, 2.05) is 55.6 Å². The minimum atomic E-state index is -0.533. The highest BCUT2D eigenvalue weighted by Crippen LogP contribution is 2.36. The summed E-state index contributed by atoms with van der Waals surface area (Å²) in [4.78, 5) is 15.2. The molecule has 172 valence electrons. The molecule has 0 radical (unpaired) electrons. The molecule has 1 N–H and O–H groups in total. The van der Waals surface area contributed by atoms with Gasteiger partial charge in [0.25, 0.3) is 0 Å². The Morgan fingerprint density at radius 2 is 1.75 bits per heavy atom. The molecule has 5 heteroatoms. The number of nitrogens with zero attached hydrogens (tertiary/aromatic N) is 2. The van der Waals surface area contributed by atoms with Crippen LogP contribution in [0.2, 0.25) is 0 Å². The van der Waals surface area contributed by atoms with E-state index in [2.05, 4.69) is 48.5 Å². The molecular formula is C27H37N3OS. The van der Waals surface area contributed by atoms with E-state index in [0.29, 0.717) is 6.54 Å². The molecule has 2 aromatic rings. The van der Waals surface area contributed by atoms with Crippen LogP contribution in [0.4, 0.5) is 0 Å². The maximum Gasteiger partial charge on any atom is 0.237 e. The Labute approximate surface area is 198 Å². The number of carbonyl (C=O) groups is 1. The van der Waals surface area contributed by atoms with Crippen LogP contribution < -0.4 is 5.32 Å². The Hall–Kier alpha value is -2.29. The first-order valence-electron chi connectivity index (χ1n) is 11.4. The molecule has 0 heterocycles. The van der Waals surface area contributed by atoms with Gasteiger partial charge in [-0.3, -0.25) is 9.69 Å². The van der Waals surface area contributed by atoms with Gasteiger partial charge in [-0.15, -0.1) is 0 Å². The number of hydrogen-bond acceptors (Lipinski definition) is 4. The summed E-state index contributed by atoms with van der Waals surface area (Å²) in [7, 11) is 2.02. The van der Waals surface area contributed by atoms with Gasteiger partial charge in [-0.1, -0.05) is 74.5 Å². The second kappa shape index (κ2) is 13.3. The van der Waals surface area contributed by atoms with Gasteiger partial charge in [0.05, 0.1) is 17.5 Å². The lowest BCUT2D eigenvalue weighted by atomic mass is 9.70. The highest BCUT2D eigenvalue weighted by Gasteiger charge is 2.35. The van der Waals surface area contributed by atoms with Crippen LogP contribution in [-0.4, -0.2) is 42.4 Å². The van der Waals surface area contributed by atoms with E-state index in [1.165, 1.54) is 5.56 Å². The molecule has 2 atom stereocenters. The second-order valence-corrected chi connectivity index (χ2v) is 9.68. The highest BCUT2D eigenvalue weighted by atomic mass is 32.2. The van der Waals surface area contributed by atoms with Gasteiger partial charge < -0.3 is 5.32 Å². The fraction of sp³-hybridized carbons (Fsp3) is 0.481. The predicted octanol–water partition coefficient (Wildman–Crippen LogP) is 5.25. The van der Waals surface area contributed by atoms with Gasteiger partial charge in [0, 0.05) is 13.1 Å². The van der Waals surface area contributed by atoms with Crippen molar-refractivity contribution in [2.45, 2.75) is 51.1 Å². The van der Waals surface area contributed by atoms with E-state index >= 15 is 0 Å². The van der Waals surface area contributed by atoms with E-state index in [-0.39, 0.29) is 17.9 Å². The lowest BCUT2D eigenvalue weighted by Gasteiger charge is -2.32. The maximum atomic E-state index is 13.1. The molecule has 0 aliphatic carbocycles. The normalized spacial score (nSPS) is 14.0. The van der Waals surface area contributed by atoms with E-state index in [1.54, 1.807) is 11.8 Å². The summed E-state index contributed by atoms with van der Waals surface area (Å²) in [5.74, 6) is 1.21. The molecule has 0 saturated heterocycles. The van der Waals surface area contributed by atoms with Crippen molar-refractivity contribution in [2.75, 3.05) is 25.6 Å². The summed E-state index contributed by atoms with van der Waals surface area (Å²) in [6, 6.07) is 22.7. The molecular weight excluding hydrogens is 414 g/mol. The Kier molecular flexibility index (Phi) is 10.8. The maximum absolute atomic E-state index is 13.1. The molecule has 2 aromatic carbocycles. The van der Waals surface area contributed by atoms with Crippen molar-refractivity contribution in [2.24, 2.45) is 5.92 Å². The molecule has 0 spiro atoms. The van der Waals surface area contributed by atoms with Crippen molar-refractivity contribution >= 4 is 17.7 Å². The molecule has 2 rings (SSSR count). The monoisotopic (exact) mass is 451 g/mol. The Morgan fingerprint density at radius 1 is 1.12 bits per heavy atom. The van der Waals surface area contributed by atoms with Crippen molar-refractivity contribution in [1.82, 2.24) is 10.2 Å². The molecule has 0 aliphatic rings. The van der Waals surface area contributed by atoms with Crippen LogP contribution in [0, 0.1) is 17.2 Å². The lowest BCUT2D eigenvalue weighted by Crippen LogP contribution is -2.45. The van der Waals surface area contributed by atoms with E-state index in [4.69, 9.17) is 0 Å². The number of nitriles is 1. The van der Waals surface area contributed by atoms with E-state index < -0.39 is 5.41 Å². The van der Waals surface area contributed by atoms with Gasteiger partial charge in [-0.2, -0.15) is 17.0 Å². The largest absolute Gasteiger partial charge is 0.355 e. The summed E-state index contributed by atoms with van der Waals surface area (Å²) in [6.45, 7) is 5.53. The number of amides is 1. The number of nitrogens with one attached hydrogen (secondary N) is 1. The predicted molar refractivity (Wildman–Crippen MR) is 136 cm³/mol. The second-order valence-electron chi connectivity index (χ2n) is 8.70. The number of thioether (sulfide) groups is 1. The average Bonchev–Trinajstić information content (AvgIpc) is 2.80. The molecule has 0 unspecified atom stereocenters. The first-order valence-corrected chi connectivity index (χ1v) is 12.8. The van der Waals surface area contributed by atoms with Crippen molar-refractivity contribution in [3.05, 3.63) is 71.8 Å². The Bertz CT molecular complexity index is 850. The van der Waals surface area contributed by atoms with Gasteiger partial charge in [-0.05, 0) is 55.4 Å². The third-order valence-corrected chi connectivity index (χ3v) is 6.87. The third-order valence-electron chi connectivity index (χ3n) is 6.23. The summed E-state index contributed by atoms with van der Waals surface area (Å²) >= 11 is 1.76. The van der Waals surface area contributed by atoms with Crippen LogP contribution in [0.15, 0.2) is 60.7 Å². The Morgan fingerprint density at radius 3 is 2.31 bits per heavy atom. The molecule has 0 aliphatic heterocycles. The van der Waals surface area contributed by atoms with Crippen LogP contribution in [0.25, 0.3) is 0 Å². The van der Waals surface area contributed by atoms with E-state index in [0.717, 1.165) is 37.1 Å². The number of benzene rings is 2. The minimum absolute atomic E-state index is 0.0734. The summed E-state index contributed by atoms with van der Waals surface area (Å²) in [6.07, 6.45) is 4.38. The smallest absolute Gasteiger partial charge is 0.237 e. The topological polar surface area (TPSA) is 56.1 Å². The van der Waals surface area contributed by atoms with Crippen LogP contribution in [0.3, 0.4) is 0 Å². The van der Waals surface area contributed by atoms with Crippen LogP contribution >= 0.6 is 11.8 Å². The molecule has 0 aromatic heterocycles. The van der Waals surface area contributed by atoms with Crippen molar-refractivity contribution in [3.8, 4) is 6.07 Å². The SMILES string of the molecule is CSCC[C@@H](C(=O)NCCC[C@@](C#N)(c1ccccc1)C(C)C)N(C)Cc1ccccc1. The number of carbonyl (C=O) groups excluding carboxylic acids is 1. The quantitative estimate of drug-likeness (QED) is 0.422. The summed E-state index contributed by atoms with van der Waals surface area (Å²) < 4.78 is 0. The highest BCUT2D eigenvalue weighted by molar-refractivity contribution is 7.98. The average molecular weight is 452 g/mol. The fourth-order valence-electron chi connectivity index (χ4n) is 4.21. The van der Waals surface area contributed by atoms with Crippen LogP contribution in [-0.2, 0) is 16.8 Å². The molecule has 0 fully saturated rings. The summed E-state index contributed by atoms with van der Waals surface area (Å²) in [5, 5.41) is 13.2. The lowest BCUT2D eigenvalue weighted by molar-refractivity contribution is -0.126. The first-order chi connectivity index (χ1) is 15.4. The van der Waals surface area contributed by atoms with Gasteiger partial charge in [0.2, 0.25) is 5.91 Å². The molecule has 32 heavy (non-hydrogen) atoms. The standard InChI is InChI=1S/C27H37N3OS/c1-22(2)27(21-28,24-14-9-6-10-15-24)17-11-18-29-26(31)25(16-19-32-4)30(3)20-23-12-7-5-8-13-23/h5-10,12-15,22,25H,11,16-20H2,1-4H3,(H,29,31)/t25-,27-/m0/s1. The zero-order chi connectivity index (χ0) is 23.4. The van der Waals surface area contributed by atoms with Crippen molar-refractivity contribution < 1.29 is 4.79 Å². The molecule has 0 saturated carbocycles. The number of likely N-dealkylation sites (N-methyl/N-ethyl adjacent to an activating group) is 1. The molecule has 4 nitrogen and oxygen atoms in total. The fourth-order valence-corrected chi connectivity index (χ4v) is 4.67.